The zero-order valence-corrected chi connectivity index (χ0v) is 10.7. The minimum Gasteiger partial charge on any atom is -0.223 e. The van der Waals surface area contributed by atoms with E-state index in [9.17, 15) is 8.42 Å². The van der Waals surface area contributed by atoms with Crippen LogP contribution in [0, 0.1) is 0 Å². The summed E-state index contributed by atoms with van der Waals surface area (Å²) in [6, 6.07) is 7.05. The lowest BCUT2D eigenvalue weighted by atomic mass is 10.1. The highest BCUT2D eigenvalue weighted by molar-refractivity contribution is 8.04. The largest absolute Gasteiger partial charge is 0.223 e. The Bertz CT molecular complexity index is 405. The van der Waals surface area contributed by atoms with Crippen molar-refractivity contribution in [3.8, 4) is 0 Å². The lowest BCUT2D eigenvalue weighted by Crippen LogP contribution is -2.11. The molecule has 84 valence electrons. The summed E-state index contributed by atoms with van der Waals surface area (Å²) in [5.41, 5.74) is 1.17. The van der Waals surface area contributed by atoms with Gasteiger partial charge in [-0.1, -0.05) is 25.5 Å². The van der Waals surface area contributed by atoms with Gasteiger partial charge in [0.2, 0.25) is 0 Å². The first kappa shape index (κ1) is 12.6. The number of rotatable bonds is 4. The molecule has 1 unspecified atom stereocenters. The maximum atomic E-state index is 11.7. The molecule has 0 bridgehead atoms. The summed E-state index contributed by atoms with van der Waals surface area (Å²) < 4.78 is 22.8. The quantitative estimate of drug-likeness (QED) is 0.826. The third kappa shape index (κ3) is 2.98. The van der Waals surface area contributed by atoms with Crippen molar-refractivity contribution in [3.63, 3.8) is 0 Å². The van der Waals surface area contributed by atoms with Crippen LogP contribution in [-0.2, 0) is 16.3 Å². The highest BCUT2D eigenvalue weighted by atomic mass is 32.2. The molecule has 0 N–H and O–H groups in total. The molecule has 0 amide bonds. The summed E-state index contributed by atoms with van der Waals surface area (Å²) in [6.45, 7) is 3.67. The molecule has 1 aromatic rings. The van der Waals surface area contributed by atoms with Crippen LogP contribution >= 0.6 is 12.6 Å². The van der Waals surface area contributed by atoms with Crippen LogP contribution in [0.4, 0.5) is 0 Å². The van der Waals surface area contributed by atoms with Crippen LogP contribution < -0.4 is 0 Å². The average molecular weight is 244 g/mol. The number of benzene rings is 1. The van der Waals surface area contributed by atoms with E-state index in [0.717, 1.165) is 12.8 Å². The predicted molar refractivity (Wildman–Crippen MR) is 66.1 cm³/mol. The van der Waals surface area contributed by atoms with Gasteiger partial charge in [-0.05, 0) is 31.0 Å². The summed E-state index contributed by atoms with van der Waals surface area (Å²) in [5, 5.41) is 0. The second-order valence-corrected chi connectivity index (χ2v) is 6.93. The maximum Gasteiger partial charge on any atom is 0.189 e. The monoisotopic (exact) mass is 244 g/mol. The first-order chi connectivity index (χ1) is 6.98. The summed E-state index contributed by atoms with van der Waals surface area (Å²) in [7, 11) is -3.24. The van der Waals surface area contributed by atoms with E-state index in [1.165, 1.54) is 5.56 Å². The fourth-order valence-corrected chi connectivity index (χ4v) is 2.61. The number of thiol groups is 1. The normalized spacial score (nSPS) is 13.8. The van der Waals surface area contributed by atoms with Crippen molar-refractivity contribution < 1.29 is 8.42 Å². The molecule has 0 fully saturated rings. The molecule has 1 rings (SSSR count). The highest BCUT2D eigenvalue weighted by Gasteiger charge is 2.19. The second-order valence-electron chi connectivity index (χ2n) is 3.54. The topological polar surface area (TPSA) is 34.1 Å². The van der Waals surface area contributed by atoms with Gasteiger partial charge in [-0.3, -0.25) is 0 Å². The summed E-state index contributed by atoms with van der Waals surface area (Å²) >= 11 is 3.97. The Balaban J connectivity index is 2.99. The minimum atomic E-state index is -3.24. The van der Waals surface area contributed by atoms with Crippen LogP contribution in [0.15, 0.2) is 29.2 Å². The summed E-state index contributed by atoms with van der Waals surface area (Å²) in [4.78, 5) is 0.352. The van der Waals surface area contributed by atoms with E-state index < -0.39 is 14.4 Å². The molecule has 2 nitrogen and oxygen atoms in total. The van der Waals surface area contributed by atoms with E-state index >= 15 is 0 Å². The van der Waals surface area contributed by atoms with Gasteiger partial charge in [-0.25, -0.2) is 8.42 Å². The first-order valence-electron chi connectivity index (χ1n) is 4.99. The molecule has 0 saturated carbocycles. The molecule has 4 heteroatoms. The molecule has 0 radical (unpaired) electrons. The van der Waals surface area contributed by atoms with Gasteiger partial charge in [0, 0.05) is 0 Å². The molecule has 0 aliphatic heterocycles. The molecule has 0 spiro atoms. The van der Waals surface area contributed by atoms with Crippen molar-refractivity contribution in [2.75, 3.05) is 0 Å². The maximum absolute atomic E-state index is 11.7. The average Bonchev–Trinajstić information content (AvgIpc) is 2.19. The lowest BCUT2D eigenvalue weighted by Gasteiger charge is -2.07. The van der Waals surface area contributed by atoms with E-state index in [0.29, 0.717) is 4.90 Å². The van der Waals surface area contributed by atoms with Crippen LogP contribution in [0.1, 0.15) is 25.8 Å². The third-order valence-corrected chi connectivity index (χ3v) is 4.90. The van der Waals surface area contributed by atoms with Crippen molar-refractivity contribution in [1.82, 2.24) is 0 Å². The molecule has 0 aromatic heterocycles. The van der Waals surface area contributed by atoms with Crippen molar-refractivity contribution >= 4 is 22.5 Å². The van der Waals surface area contributed by atoms with Crippen LogP contribution in [0.5, 0.6) is 0 Å². The van der Waals surface area contributed by atoms with Gasteiger partial charge in [0.15, 0.2) is 9.84 Å². The molecular weight excluding hydrogens is 228 g/mol. The van der Waals surface area contributed by atoms with Gasteiger partial charge in [0.25, 0.3) is 0 Å². The van der Waals surface area contributed by atoms with Crippen LogP contribution in [-0.4, -0.2) is 13.0 Å². The van der Waals surface area contributed by atoms with Crippen molar-refractivity contribution in [2.45, 2.75) is 36.2 Å². The Hall–Kier alpha value is -0.480. The standard InChI is InChI=1S/C11H16O2S2/c1-3-4-10-5-7-11(8-6-10)15(12,13)9(2)14/h5-9,14H,3-4H2,1-2H3. The van der Waals surface area contributed by atoms with Gasteiger partial charge in [0.05, 0.1) is 4.90 Å². The van der Waals surface area contributed by atoms with Gasteiger partial charge in [0.1, 0.15) is 4.58 Å². The van der Waals surface area contributed by atoms with E-state index in [2.05, 4.69) is 19.6 Å². The van der Waals surface area contributed by atoms with Gasteiger partial charge in [-0.15, -0.1) is 0 Å². The third-order valence-electron chi connectivity index (χ3n) is 2.24. The minimum absolute atomic E-state index is 0.352. The van der Waals surface area contributed by atoms with E-state index in [1.807, 2.05) is 12.1 Å². The SMILES string of the molecule is CCCc1ccc(S(=O)(=O)C(C)S)cc1. The molecule has 1 aromatic carbocycles. The number of hydrogen-bond acceptors (Lipinski definition) is 3. The van der Waals surface area contributed by atoms with Crippen LogP contribution in [0.2, 0.25) is 0 Å². The summed E-state index contributed by atoms with van der Waals surface area (Å²) in [6.07, 6.45) is 2.05. The van der Waals surface area contributed by atoms with Crippen molar-refractivity contribution in [2.24, 2.45) is 0 Å². The van der Waals surface area contributed by atoms with Gasteiger partial charge < -0.3 is 0 Å². The summed E-state index contributed by atoms with van der Waals surface area (Å²) in [5.74, 6) is 0. The Morgan fingerprint density at radius 3 is 2.20 bits per heavy atom. The molecular formula is C11H16O2S2. The Labute approximate surface area is 97.0 Å². The number of aryl methyl sites for hydroxylation is 1. The zero-order valence-electron chi connectivity index (χ0n) is 8.97. The fraction of sp³-hybridized carbons (Fsp3) is 0.455. The van der Waals surface area contributed by atoms with Crippen LogP contribution in [0.3, 0.4) is 0 Å². The number of sulfone groups is 1. The van der Waals surface area contributed by atoms with Gasteiger partial charge >= 0.3 is 0 Å². The van der Waals surface area contributed by atoms with E-state index in [1.54, 1.807) is 19.1 Å². The molecule has 15 heavy (non-hydrogen) atoms. The molecule has 0 heterocycles. The highest BCUT2D eigenvalue weighted by Crippen LogP contribution is 2.18. The lowest BCUT2D eigenvalue weighted by molar-refractivity contribution is 0.595. The second kappa shape index (κ2) is 5.03. The first-order valence-corrected chi connectivity index (χ1v) is 7.05. The Morgan fingerprint density at radius 2 is 1.80 bits per heavy atom. The Kier molecular flexibility index (Phi) is 4.22. The van der Waals surface area contributed by atoms with Crippen molar-refractivity contribution in [3.05, 3.63) is 29.8 Å². The van der Waals surface area contributed by atoms with Crippen molar-refractivity contribution in [1.29, 1.82) is 0 Å². The van der Waals surface area contributed by atoms with E-state index in [4.69, 9.17) is 0 Å². The smallest absolute Gasteiger partial charge is 0.189 e. The predicted octanol–water partition coefficient (Wildman–Crippen LogP) is 2.69. The Morgan fingerprint density at radius 1 is 1.27 bits per heavy atom. The van der Waals surface area contributed by atoms with Gasteiger partial charge in [-0.2, -0.15) is 12.6 Å². The molecule has 0 aliphatic carbocycles. The van der Waals surface area contributed by atoms with Crippen LogP contribution in [0.25, 0.3) is 0 Å². The molecule has 0 aliphatic rings. The number of hydrogen-bond donors (Lipinski definition) is 1. The fourth-order valence-electron chi connectivity index (χ4n) is 1.33. The van der Waals surface area contributed by atoms with E-state index in [-0.39, 0.29) is 0 Å². The molecule has 0 saturated heterocycles. The molecule has 1 atom stereocenters. The zero-order chi connectivity index (χ0) is 11.5.